The molecule has 0 aliphatic carbocycles. The average molecular weight is 422 g/mol. The summed E-state index contributed by atoms with van der Waals surface area (Å²) >= 11 is 0. The summed E-state index contributed by atoms with van der Waals surface area (Å²) in [4.78, 5) is 31.8. The molecule has 0 radical (unpaired) electrons. The molecule has 1 atom stereocenters. The molecule has 8 nitrogen and oxygen atoms in total. The molecule has 2 aromatic rings. The number of ether oxygens (including phenoxy) is 2. The monoisotopic (exact) mass is 422 g/mol. The molecule has 3 amide bonds. The topological polar surface area (TPSA) is 74.4 Å². The Bertz CT molecular complexity index is 990. The van der Waals surface area contributed by atoms with Gasteiger partial charge in [0.15, 0.2) is 11.5 Å². The standard InChI is InChI=1S/C23H26N4O4/c1-23(18-7-8-19-20(13-18)31-16-30-19)21(28)27(22(29)24-23)15-26-11-9-25(10-12-26)14-17-5-3-2-4-6-17/h2-8,13H,9-12,14-16H2,1H3,(H,24,29)/t23-/m1/s1. The molecule has 2 saturated heterocycles. The summed E-state index contributed by atoms with van der Waals surface area (Å²) in [7, 11) is 0. The summed E-state index contributed by atoms with van der Waals surface area (Å²) in [6, 6.07) is 15.4. The largest absolute Gasteiger partial charge is 0.454 e. The van der Waals surface area contributed by atoms with Gasteiger partial charge < -0.3 is 14.8 Å². The van der Waals surface area contributed by atoms with E-state index in [1.54, 1.807) is 25.1 Å². The van der Waals surface area contributed by atoms with Crippen molar-refractivity contribution in [2.75, 3.05) is 39.6 Å². The third-order valence-corrected chi connectivity index (χ3v) is 6.28. The van der Waals surface area contributed by atoms with Crippen molar-refractivity contribution in [2.24, 2.45) is 0 Å². The zero-order chi connectivity index (χ0) is 21.4. The molecule has 0 aromatic heterocycles. The van der Waals surface area contributed by atoms with Crippen LogP contribution in [0.15, 0.2) is 48.5 Å². The highest BCUT2D eigenvalue weighted by Crippen LogP contribution is 2.37. The molecule has 3 heterocycles. The van der Waals surface area contributed by atoms with Crippen molar-refractivity contribution >= 4 is 11.9 Å². The van der Waals surface area contributed by atoms with Gasteiger partial charge in [-0.15, -0.1) is 0 Å². The summed E-state index contributed by atoms with van der Waals surface area (Å²) in [5, 5.41) is 2.87. The summed E-state index contributed by atoms with van der Waals surface area (Å²) in [5.74, 6) is 0.992. The van der Waals surface area contributed by atoms with Crippen molar-refractivity contribution < 1.29 is 19.1 Å². The molecule has 0 spiro atoms. The van der Waals surface area contributed by atoms with Gasteiger partial charge in [-0.3, -0.25) is 14.6 Å². The number of hydrogen-bond acceptors (Lipinski definition) is 6. The average Bonchev–Trinajstić information content (AvgIpc) is 3.34. The SMILES string of the molecule is C[C@]1(c2ccc3c(c2)OCO3)NC(=O)N(CN2CCN(Cc3ccccc3)CC2)C1=O. The molecule has 1 N–H and O–H groups in total. The molecule has 2 aromatic carbocycles. The first-order valence-corrected chi connectivity index (χ1v) is 10.6. The maximum Gasteiger partial charge on any atom is 0.326 e. The van der Waals surface area contributed by atoms with Gasteiger partial charge in [0, 0.05) is 32.7 Å². The second-order valence-electron chi connectivity index (χ2n) is 8.38. The molecule has 0 unspecified atom stereocenters. The van der Waals surface area contributed by atoms with Crippen molar-refractivity contribution in [2.45, 2.75) is 19.0 Å². The predicted molar refractivity (Wildman–Crippen MR) is 113 cm³/mol. The van der Waals surface area contributed by atoms with E-state index >= 15 is 0 Å². The zero-order valence-electron chi connectivity index (χ0n) is 17.5. The van der Waals surface area contributed by atoms with Crippen LogP contribution in [-0.2, 0) is 16.9 Å². The third kappa shape index (κ3) is 3.73. The Morgan fingerprint density at radius 1 is 0.935 bits per heavy atom. The van der Waals surface area contributed by atoms with Gasteiger partial charge in [-0.25, -0.2) is 9.69 Å². The number of fused-ring (bicyclic) bond motifs is 1. The highest BCUT2D eigenvalue weighted by molar-refractivity contribution is 6.07. The van der Waals surface area contributed by atoms with E-state index in [4.69, 9.17) is 9.47 Å². The minimum atomic E-state index is -1.12. The lowest BCUT2D eigenvalue weighted by Gasteiger charge is -2.36. The summed E-state index contributed by atoms with van der Waals surface area (Å²) in [6.45, 7) is 6.54. The Balaban J connectivity index is 1.22. The molecule has 31 heavy (non-hydrogen) atoms. The first-order valence-electron chi connectivity index (χ1n) is 10.6. The summed E-state index contributed by atoms with van der Waals surface area (Å²) in [5.41, 5.74) is 0.863. The number of carbonyl (C=O) groups is 2. The lowest BCUT2D eigenvalue weighted by Crippen LogP contribution is -2.51. The van der Waals surface area contributed by atoms with Crippen LogP contribution in [0.25, 0.3) is 0 Å². The van der Waals surface area contributed by atoms with E-state index in [-0.39, 0.29) is 18.7 Å². The van der Waals surface area contributed by atoms with Crippen LogP contribution in [0, 0.1) is 0 Å². The van der Waals surface area contributed by atoms with E-state index in [0.717, 1.165) is 32.7 Å². The smallest absolute Gasteiger partial charge is 0.326 e. The number of imide groups is 1. The van der Waals surface area contributed by atoms with Gasteiger partial charge in [0.2, 0.25) is 6.79 Å². The van der Waals surface area contributed by atoms with Gasteiger partial charge in [0.05, 0.1) is 6.67 Å². The van der Waals surface area contributed by atoms with E-state index < -0.39 is 5.54 Å². The van der Waals surface area contributed by atoms with Crippen LogP contribution < -0.4 is 14.8 Å². The van der Waals surface area contributed by atoms with Crippen molar-refractivity contribution in [3.8, 4) is 11.5 Å². The van der Waals surface area contributed by atoms with Crippen LogP contribution >= 0.6 is 0 Å². The summed E-state index contributed by atoms with van der Waals surface area (Å²) < 4.78 is 10.8. The molecular formula is C23H26N4O4. The molecule has 8 heteroatoms. The first-order chi connectivity index (χ1) is 15.0. The van der Waals surface area contributed by atoms with Crippen LogP contribution in [0.5, 0.6) is 11.5 Å². The quantitative estimate of drug-likeness (QED) is 0.743. The number of piperazine rings is 1. The van der Waals surface area contributed by atoms with Gasteiger partial charge >= 0.3 is 6.03 Å². The zero-order valence-corrected chi connectivity index (χ0v) is 17.5. The molecule has 0 saturated carbocycles. The van der Waals surface area contributed by atoms with E-state index in [0.29, 0.717) is 23.7 Å². The number of benzene rings is 2. The molecule has 0 bridgehead atoms. The number of nitrogens with zero attached hydrogens (tertiary/aromatic N) is 3. The second-order valence-corrected chi connectivity index (χ2v) is 8.38. The number of nitrogens with one attached hydrogen (secondary N) is 1. The van der Waals surface area contributed by atoms with Crippen LogP contribution in [0.1, 0.15) is 18.1 Å². The molecule has 5 rings (SSSR count). The lowest BCUT2D eigenvalue weighted by molar-refractivity contribution is -0.132. The molecule has 2 fully saturated rings. The van der Waals surface area contributed by atoms with E-state index in [9.17, 15) is 9.59 Å². The van der Waals surface area contributed by atoms with Crippen LogP contribution in [0.4, 0.5) is 4.79 Å². The minimum Gasteiger partial charge on any atom is -0.454 e. The Morgan fingerprint density at radius 2 is 1.65 bits per heavy atom. The fourth-order valence-electron chi connectivity index (χ4n) is 4.36. The lowest BCUT2D eigenvalue weighted by atomic mass is 9.92. The third-order valence-electron chi connectivity index (χ3n) is 6.28. The van der Waals surface area contributed by atoms with E-state index in [1.165, 1.54) is 10.5 Å². The molecule has 3 aliphatic heterocycles. The Kier molecular flexibility index (Phi) is 5.03. The minimum absolute atomic E-state index is 0.165. The highest BCUT2D eigenvalue weighted by atomic mass is 16.7. The predicted octanol–water partition coefficient (Wildman–Crippen LogP) is 1.96. The van der Waals surface area contributed by atoms with Crippen LogP contribution in [0.3, 0.4) is 0 Å². The number of rotatable bonds is 5. The normalized spacial score (nSPS) is 24.0. The molecular weight excluding hydrogens is 396 g/mol. The highest BCUT2D eigenvalue weighted by Gasteiger charge is 2.49. The van der Waals surface area contributed by atoms with Crippen molar-refractivity contribution in [1.29, 1.82) is 0 Å². The Hall–Kier alpha value is -3.10. The molecule has 162 valence electrons. The van der Waals surface area contributed by atoms with E-state index in [2.05, 4.69) is 39.4 Å². The van der Waals surface area contributed by atoms with Crippen molar-refractivity contribution in [3.63, 3.8) is 0 Å². The van der Waals surface area contributed by atoms with Gasteiger partial charge in [-0.2, -0.15) is 0 Å². The number of amides is 3. The number of urea groups is 1. The maximum absolute atomic E-state index is 13.3. The molecule has 3 aliphatic rings. The number of carbonyl (C=O) groups excluding carboxylic acids is 2. The van der Waals surface area contributed by atoms with Crippen LogP contribution in [0.2, 0.25) is 0 Å². The Labute approximate surface area is 181 Å². The van der Waals surface area contributed by atoms with Crippen molar-refractivity contribution in [3.05, 3.63) is 59.7 Å². The number of hydrogen-bond donors (Lipinski definition) is 1. The van der Waals surface area contributed by atoms with Gasteiger partial charge in [0.25, 0.3) is 5.91 Å². The Morgan fingerprint density at radius 3 is 2.42 bits per heavy atom. The van der Waals surface area contributed by atoms with Crippen LogP contribution in [-0.4, -0.2) is 66.3 Å². The van der Waals surface area contributed by atoms with Gasteiger partial charge in [-0.1, -0.05) is 36.4 Å². The van der Waals surface area contributed by atoms with Gasteiger partial charge in [-0.05, 0) is 30.2 Å². The van der Waals surface area contributed by atoms with E-state index in [1.807, 2.05) is 6.07 Å². The van der Waals surface area contributed by atoms with Gasteiger partial charge in [0.1, 0.15) is 5.54 Å². The first kappa shape index (κ1) is 19.8. The maximum atomic E-state index is 13.3. The second kappa shape index (κ2) is 7.86. The fraction of sp³-hybridized carbons (Fsp3) is 0.391. The van der Waals surface area contributed by atoms with Crippen molar-refractivity contribution in [1.82, 2.24) is 20.0 Å². The fourth-order valence-corrected chi connectivity index (χ4v) is 4.36. The summed E-state index contributed by atoms with van der Waals surface area (Å²) in [6.07, 6.45) is 0.